The average Bonchev–Trinajstić information content (AvgIpc) is 2.82. The van der Waals surface area contributed by atoms with Gasteiger partial charge in [0.15, 0.2) is 5.52 Å². The SMILES string of the molecule is CCN(CC(C)(C)O)c1ccc([N+](=O)[O-])c2nonc12. The van der Waals surface area contributed by atoms with E-state index >= 15 is 0 Å². The summed E-state index contributed by atoms with van der Waals surface area (Å²) in [6.07, 6.45) is 0. The Morgan fingerprint density at radius 1 is 1.40 bits per heavy atom. The van der Waals surface area contributed by atoms with Gasteiger partial charge in [-0.15, -0.1) is 0 Å². The molecule has 0 atom stereocenters. The van der Waals surface area contributed by atoms with Gasteiger partial charge in [0.05, 0.1) is 16.2 Å². The molecule has 0 aliphatic carbocycles. The highest BCUT2D eigenvalue weighted by atomic mass is 16.6. The van der Waals surface area contributed by atoms with Crippen molar-refractivity contribution in [3.05, 3.63) is 22.2 Å². The second-order valence-corrected chi connectivity index (χ2v) is 5.15. The molecule has 2 aromatic rings. The normalized spacial score (nSPS) is 11.8. The van der Waals surface area contributed by atoms with Crippen molar-refractivity contribution in [2.24, 2.45) is 0 Å². The molecule has 1 heterocycles. The highest BCUT2D eigenvalue weighted by molar-refractivity contribution is 5.93. The third kappa shape index (κ3) is 2.69. The molecule has 0 aliphatic heterocycles. The fourth-order valence-electron chi connectivity index (χ4n) is 2.08. The molecule has 0 saturated carbocycles. The lowest BCUT2D eigenvalue weighted by Gasteiger charge is -2.29. The number of hydrogen-bond donors (Lipinski definition) is 1. The first-order valence-corrected chi connectivity index (χ1v) is 6.20. The van der Waals surface area contributed by atoms with E-state index < -0.39 is 10.5 Å². The summed E-state index contributed by atoms with van der Waals surface area (Å²) in [5.41, 5.74) is 0.0362. The van der Waals surface area contributed by atoms with Crippen LogP contribution < -0.4 is 4.90 Å². The average molecular weight is 280 g/mol. The van der Waals surface area contributed by atoms with Crippen molar-refractivity contribution in [2.45, 2.75) is 26.4 Å². The van der Waals surface area contributed by atoms with Gasteiger partial charge >= 0.3 is 5.69 Å². The number of hydrogen-bond acceptors (Lipinski definition) is 7. The maximum absolute atomic E-state index is 10.9. The smallest absolute Gasteiger partial charge is 0.300 e. The molecule has 8 heteroatoms. The number of aliphatic hydroxyl groups is 1. The zero-order valence-corrected chi connectivity index (χ0v) is 11.5. The van der Waals surface area contributed by atoms with Gasteiger partial charge in [0.2, 0.25) is 5.52 Å². The lowest BCUT2D eigenvalue weighted by atomic mass is 10.1. The largest absolute Gasteiger partial charge is 0.389 e. The molecule has 0 spiro atoms. The number of benzene rings is 1. The minimum Gasteiger partial charge on any atom is -0.389 e. The van der Waals surface area contributed by atoms with Crippen LogP contribution in [0.25, 0.3) is 11.0 Å². The van der Waals surface area contributed by atoms with E-state index in [0.717, 1.165) is 0 Å². The van der Waals surface area contributed by atoms with E-state index in [1.54, 1.807) is 19.9 Å². The van der Waals surface area contributed by atoms with E-state index in [0.29, 0.717) is 24.3 Å². The summed E-state index contributed by atoms with van der Waals surface area (Å²) in [6, 6.07) is 2.97. The van der Waals surface area contributed by atoms with Crippen LogP contribution in [0.5, 0.6) is 0 Å². The minimum absolute atomic E-state index is 0.113. The van der Waals surface area contributed by atoms with Crippen LogP contribution in [0.4, 0.5) is 11.4 Å². The molecule has 0 aliphatic rings. The third-order valence-corrected chi connectivity index (χ3v) is 2.87. The van der Waals surface area contributed by atoms with Crippen molar-refractivity contribution in [1.82, 2.24) is 10.3 Å². The summed E-state index contributed by atoms with van der Waals surface area (Å²) < 4.78 is 4.63. The summed E-state index contributed by atoms with van der Waals surface area (Å²) in [4.78, 5) is 12.3. The van der Waals surface area contributed by atoms with Crippen LogP contribution in [0.15, 0.2) is 16.8 Å². The lowest BCUT2D eigenvalue weighted by molar-refractivity contribution is -0.383. The molecular formula is C12H16N4O4. The molecule has 0 bridgehead atoms. The minimum atomic E-state index is -0.902. The van der Waals surface area contributed by atoms with E-state index in [-0.39, 0.29) is 11.2 Å². The van der Waals surface area contributed by atoms with Gasteiger partial charge in [-0.2, -0.15) is 0 Å². The van der Waals surface area contributed by atoms with Crippen LogP contribution in [0.3, 0.4) is 0 Å². The topological polar surface area (TPSA) is 106 Å². The fraction of sp³-hybridized carbons (Fsp3) is 0.500. The Morgan fingerprint density at radius 2 is 2.05 bits per heavy atom. The number of rotatable bonds is 5. The van der Waals surface area contributed by atoms with Crippen LogP contribution in [-0.2, 0) is 0 Å². The van der Waals surface area contributed by atoms with Crippen molar-refractivity contribution in [1.29, 1.82) is 0 Å². The van der Waals surface area contributed by atoms with Crippen molar-refractivity contribution in [2.75, 3.05) is 18.0 Å². The summed E-state index contributed by atoms with van der Waals surface area (Å²) in [5, 5.41) is 28.2. The van der Waals surface area contributed by atoms with E-state index in [1.807, 2.05) is 11.8 Å². The van der Waals surface area contributed by atoms with Gasteiger partial charge in [-0.3, -0.25) is 10.1 Å². The summed E-state index contributed by atoms with van der Waals surface area (Å²) in [6.45, 7) is 6.29. The first kappa shape index (κ1) is 14.2. The van der Waals surface area contributed by atoms with Crippen LogP contribution >= 0.6 is 0 Å². The molecule has 0 saturated heterocycles. The first-order valence-electron chi connectivity index (χ1n) is 6.20. The van der Waals surface area contributed by atoms with Gasteiger partial charge in [0.1, 0.15) is 0 Å². The molecule has 1 N–H and O–H groups in total. The predicted octanol–water partition coefficient (Wildman–Crippen LogP) is 1.73. The van der Waals surface area contributed by atoms with E-state index in [1.165, 1.54) is 6.07 Å². The van der Waals surface area contributed by atoms with Gasteiger partial charge in [-0.05, 0) is 37.2 Å². The number of likely N-dealkylation sites (N-methyl/N-ethyl adjacent to an activating group) is 1. The zero-order chi connectivity index (χ0) is 14.9. The third-order valence-electron chi connectivity index (χ3n) is 2.87. The summed E-state index contributed by atoms with van der Waals surface area (Å²) >= 11 is 0. The molecule has 1 aromatic carbocycles. The second kappa shape index (κ2) is 5.04. The highest BCUT2D eigenvalue weighted by Gasteiger charge is 2.24. The molecule has 108 valence electrons. The molecule has 20 heavy (non-hydrogen) atoms. The van der Waals surface area contributed by atoms with Crippen molar-refractivity contribution in [3.8, 4) is 0 Å². The molecule has 0 unspecified atom stereocenters. The quantitative estimate of drug-likeness (QED) is 0.656. The number of nitro benzene ring substituents is 1. The molecule has 0 amide bonds. The molecule has 1 aromatic heterocycles. The first-order chi connectivity index (χ1) is 9.33. The molecule has 2 rings (SSSR count). The van der Waals surface area contributed by atoms with E-state index in [2.05, 4.69) is 14.9 Å². The predicted molar refractivity (Wildman–Crippen MR) is 72.6 cm³/mol. The number of nitrogens with zero attached hydrogens (tertiary/aromatic N) is 4. The Hall–Kier alpha value is -2.22. The molecule has 0 radical (unpaired) electrons. The molecule has 0 fully saturated rings. The second-order valence-electron chi connectivity index (χ2n) is 5.15. The number of fused-ring (bicyclic) bond motifs is 1. The van der Waals surface area contributed by atoms with Crippen LogP contribution in [0.2, 0.25) is 0 Å². The number of nitro groups is 1. The standard InChI is InChI=1S/C12H16N4O4/c1-4-15(7-12(2,3)17)8-5-6-9(16(18)19)11-10(8)13-20-14-11/h5-6,17H,4,7H2,1-3H3. The number of non-ortho nitro benzene ring substituents is 1. The maximum atomic E-state index is 10.9. The van der Waals surface area contributed by atoms with Crippen molar-refractivity contribution < 1.29 is 14.7 Å². The number of anilines is 1. The van der Waals surface area contributed by atoms with Gasteiger partial charge in [-0.25, -0.2) is 4.63 Å². The van der Waals surface area contributed by atoms with Gasteiger partial charge in [-0.1, -0.05) is 0 Å². The Bertz CT molecular complexity index is 632. The van der Waals surface area contributed by atoms with Crippen LogP contribution in [0, 0.1) is 10.1 Å². The van der Waals surface area contributed by atoms with Gasteiger partial charge < -0.3 is 10.0 Å². The van der Waals surface area contributed by atoms with Crippen molar-refractivity contribution >= 4 is 22.4 Å². The van der Waals surface area contributed by atoms with E-state index in [9.17, 15) is 15.2 Å². The Balaban J connectivity index is 2.52. The summed E-state index contributed by atoms with van der Waals surface area (Å²) in [5.74, 6) is 0. The Kier molecular flexibility index (Phi) is 3.58. The fourth-order valence-corrected chi connectivity index (χ4v) is 2.08. The van der Waals surface area contributed by atoms with Gasteiger partial charge in [0.25, 0.3) is 0 Å². The Morgan fingerprint density at radius 3 is 2.60 bits per heavy atom. The van der Waals surface area contributed by atoms with Crippen LogP contribution in [-0.4, -0.2) is 39.0 Å². The number of aromatic nitrogens is 2. The Labute approximate surface area is 115 Å². The maximum Gasteiger partial charge on any atom is 0.300 e. The molecular weight excluding hydrogens is 264 g/mol. The van der Waals surface area contributed by atoms with Crippen LogP contribution in [0.1, 0.15) is 20.8 Å². The summed E-state index contributed by atoms with van der Waals surface area (Å²) in [7, 11) is 0. The van der Waals surface area contributed by atoms with Gasteiger partial charge in [0, 0.05) is 19.2 Å². The zero-order valence-electron chi connectivity index (χ0n) is 11.5. The lowest BCUT2D eigenvalue weighted by Crippen LogP contribution is -2.38. The highest BCUT2D eigenvalue weighted by Crippen LogP contribution is 2.31. The van der Waals surface area contributed by atoms with Crippen molar-refractivity contribution in [3.63, 3.8) is 0 Å². The molecule has 8 nitrogen and oxygen atoms in total. The monoisotopic (exact) mass is 280 g/mol. The van der Waals surface area contributed by atoms with E-state index in [4.69, 9.17) is 0 Å².